The van der Waals surface area contributed by atoms with Crippen molar-refractivity contribution >= 4 is 27.8 Å². The van der Waals surface area contributed by atoms with Gasteiger partial charge in [-0.2, -0.15) is 0 Å². The number of aryl methyl sites for hydroxylation is 1. The van der Waals surface area contributed by atoms with E-state index in [4.69, 9.17) is 4.74 Å². The molecule has 0 bridgehead atoms. The minimum Gasteiger partial charge on any atom is -0.396 e. The zero-order chi connectivity index (χ0) is 30.6. The van der Waals surface area contributed by atoms with Crippen LogP contribution in [-0.2, 0) is 16.0 Å². The van der Waals surface area contributed by atoms with Crippen LogP contribution >= 0.6 is 0 Å². The number of ether oxygens (including phenoxy) is 1. The van der Waals surface area contributed by atoms with Crippen molar-refractivity contribution in [3.05, 3.63) is 71.8 Å². The first-order valence-corrected chi connectivity index (χ1v) is 17.1. The quantitative estimate of drug-likeness (QED) is 0.131. The lowest BCUT2D eigenvalue weighted by Gasteiger charge is -2.38. The van der Waals surface area contributed by atoms with Crippen LogP contribution in [0, 0.1) is 23.7 Å². The standard InChI is InChI=1S/C36H50O2.C4H6O/c1-3-4-26-7-12-29(13-8-26)30-14-9-27(10-15-30)5-6-28-11-19-35-32(23-28)16-17-33-24-31(18-20-36(33)35)34(21-22-37)25-38-2;1-4(2)3-5/h11,16-20,23-24,26-27,29-30,34,37H,3-10,12-15,21-22,25H2,1-2H3;3H,1H2,2H3. The van der Waals surface area contributed by atoms with Crippen molar-refractivity contribution in [1.29, 1.82) is 0 Å². The maximum atomic E-state index is 9.47. The van der Waals surface area contributed by atoms with Crippen LogP contribution in [0.2, 0.25) is 0 Å². The summed E-state index contributed by atoms with van der Waals surface area (Å²) in [4.78, 5) is 9.41. The second-order valence-electron chi connectivity index (χ2n) is 13.6. The monoisotopic (exact) mass is 584 g/mol. The summed E-state index contributed by atoms with van der Waals surface area (Å²) >= 11 is 0. The van der Waals surface area contributed by atoms with Gasteiger partial charge in [0.2, 0.25) is 0 Å². The third-order valence-corrected chi connectivity index (χ3v) is 10.4. The highest BCUT2D eigenvalue weighted by Gasteiger charge is 2.30. The Balaban J connectivity index is 0.000000782. The second kappa shape index (κ2) is 17.1. The van der Waals surface area contributed by atoms with E-state index in [1.165, 1.54) is 110 Å². The number of aldehydes is 1. The second-order valence-corrected chi connectivity index (χ2v) is 13.6. The first-order valence-electron chi connectivity index (χ1n) is 17.1. The normalized spacial score (nSPS) is 23.0. The summed E-state index contributed by atoms with van der Waals surface area (Å²) in [5.74, 6) is 4.26. The Morgan fingerprint density at radius 1 is 0.884 bits per heavy atom. The number of carbonyl (C=O) groups excluding carboxylic acids is 1. The van der Waals surface area contributed by atoms with Crippen molar-refractivity contribution in [2.24, 2.45) is 23.7 Å². The van der Waals surface area contributed by atoms with Crippen LogP contribution in [0.25, 0.3) is 21.5 Å². The predicted molar refractivity (Wildman–Crippen MR) is 183 cm³/mol. The van der Waals surface area contributed by atoms with E-state index >= 15 is 0 Å². The first-order chi connectivity index (χ1) is 20.9. The number of hydrogen-bond donors (Lipinski definition) is 1. The van der Waals surface area contributed by atoms with Gasteiger partial charge < -0.3 is 9.84 Å². The Kier molecular flexibility index (Phi) is 13.3. The lowest BCUT2D eigenvalue weighted by Crippen LogP contribution is -2.26. The molecule has 0 amide bonds. The Bertz CT molecular complexity index is 1290. The molecule has 2 fully saturated rings. The summed E-state index contributed by atoms with van der Waals surface area (Å²) in [5.41, 5.74) is 3.32. The van der Waals surface area contributed by atoms with Crippen molar-refractivity contribution in [2.75, 3.05) is 20.3 Å². The van der Waals surface area contributed by atoms with Crippen LogP contribution in [0.5, 0.6) is 0 Å². The molecule has 1 N–H and O–H groups in total. The predicted octanol–water partition coefficient (Wildman–Crippen LogP) is 10.2. The molecule has 234 valence electrons. The zero-order valence-corrected chi connectivity index (χ0v) is 27.2. The van der Waals surface area contributed by atoms with Crippen LogP contribution in [0.3, 0.4) is 0 Å². The number of methoxy groups -OCH3 is 1. The van der Waals surface area contributed by atoms with Gasteiger partial charge in [-0.1, -0.05) is 101 Å². The highest BCUT2D eigenvalue weighted by molar-refractivity contribution is 6.07. The Morgan fingerprint density at radius 2 is 1.44 bits per heavy atom. The number of hydrogen-bond acceptors (Lipinski definition) is 3. The van der Waals surface area contributed by atoms with Crippen LogP contribution in [-0.4, -0.2) is 31.7 Å². The summed E-state index contributed by atoms with van der Waals surface area (Å²) in [6.07, 6.45) is 18.8. The summed E-state index contributed by atoms with van der Waals surface area (Å²) in [6.45, 7) is 8.15. The van der Waals surface area contributed by atoms with E-state index in [0.29, 0.717) is 12.2 Å². The van der Waals surface area contributed by atoms with Crippen LogP contribution in [0.15, 0.2) is 60.7 Å². The van der Waals surface area contributed by atoms with E-state index in [0.717, 1.165) is 36.4 Å². The van der Waals surface area contributed by atoms with Gasteiger partial charge in [0.15, 0.2) is 0 Å². The molecule has 0 aromatic heterocycles. The van der Waals surface area contributed by atoms with E-state index in [1.807, 2.05) is 0 Å². The molecule has 3 aromatic rings. The molecule has 1 atom stereocenters. The zero-order valence-electron chi connectivity index (χ0n) is 27.2. The van der Waals surface area contributed by atoms with E-state index in [1.54, 1.807) is 14.0 Å². The summed E-state index contributed by atoms with van der Waals surface area (Å²) in [7, 11) is 1.74. The van der Waals surface area contributed by atoms with Gasteiger partial charge in [-0.25, -0.2) is 0 Å². The van der Waals surface area contributed by atoms with E-state index in [-0.39, 0.29) is 12.5 Å². The lowest BCUT2D eigenvalue weighted by molar-refractivity contribution is -0.104. The molecule has 3 heteroatoms. The average Bonchev–Trinajstić information content (AvgIpc) is 3.04. The fourth-order valence-electron chi connectivity index (χ4n) is 7.93. The topological polar surface area (TPSA) is 46.5 Å². The largest absolute Gasteiger partial charge is 0.396 e. The van der Waals surface area contributed by atoms with E-state index < -0.39 is 0 Å². The molecular formula is C40H56O3. The number of aliphatic hydroxyl groups excluding tert-OH is 1. The maximum absolute atomic E-state index is 9.47. The molecule has 2 aliphatic carbocycles. The van der Waals surface area contributed by atoms with Gasteiger partial charge in [0.05, 0.1) is 6.61 Å². The summed E-state index contributed by atoms with van der Waals surface area (Å²) in [6, 6.07) is 18.5. The number of aliphatic hydroxyl groups is 1. The molecule has 3 nitrogen and oxygen atoms in total. The maximum Gasteiger partial charge on any atom is 0.145 e. The molecule has 0 aliphatic heterocycles. The van der Waals surface area contributed by atoms with Crippen LogP contribution in [0.4, 0.5) is 0 Å². The van der Waals surface area contributed by atoms with Crippen LogP contribution in [0.1, 0.15) is 108 Å². The van der Waals surface area contributed by atoms with Crippen LogP contribution < -0.4 is 0 Å². The minimum atomic E-state index is 0.189. The van der Waals surface area contributed by atoms with Gasteiger partial charge >= 0.3 is 0 Å². The van der Waals surface area contributed by atoms with Crippen molar-refractivity contribution in [1.82, 2.24) is 0 Å². The number of rotatable bonds is 12. The van der Waals surface area contributed by atoms with Crippen molar-refractivity contribution in [3.63, 3.8) is 0 Å². The molecule has 2 saturated carbocycles. The number of fused-ring (bicyclic) bond motifs is 3. The highest BCUT2D eigenvalue weighted by Crippen LogP contribution is 2.43. The molecule has 43 heavy (non-hydrogen) atoms. The Hall–Kier alpha value is -2.49. The van der Waals surface area contributed by atoms with Gasteiger partial charge in [-0.15, -0.1) is 0 Å². The molecule has 0 saturated heterocycles. The van der Waals surface area contributed by atoms with Gasteiger partial charge in [0, 0.05) is 19.6 Å². The molecular weight excluding hydrogens is 528 g/mol. The number of carbonyl (C=O) groups is 1. The lowest BCUT2D eigenvalue weighted by atomic mass is 9.68. The van der Waals surface area contributed by atoms with Gasteiger partial charge in [0.25, 0.3) is 0 Å². The minimum absolute atomic E-state index is 0.189. The molecule has 2 aliphatic rings. The van der Waals surface area contributed by atoms with E-state index in [2.05, 4.69) is 62.0 Å². The molecule has 0 radical (unpaired) electrons. The van der Waals surface area contributed by atoms with Gasteiger partial charge in [-0.05, 0) is 114 Å². The molecule has 5 rings (SSSR count). The third kappa shape index (κ3) is 9.50. The highest BCUT2D eigenvalue weighted by atomic mass is 16.5. The number of benzene rings is 3. The summed E-state index contributed by atoms with van der Waals surface area (Å²) < 4.78 is 5.41. The van der Waals surface area contributed by atoms with E-state index in [9.17, 15) is 9.90 Å². The van der Waals surface area contributed by atoms with Crippen molar-refractivity contribution in [2.45, 2.75) is 103 Å². The molecule has 0 spiro atoms. The SMILES string of the molecule is C=C(C)C=O.CCCC1CCC(C2CCC(CCc3ccc4c(ccc5cc(C(CCO)COC)ccc54)c3)CC2)CC1. The average molecular weight is 585 g/mol. The third-order valence-electron chi connectivity index (χ3n) is 10.4. The van der Waals surface area contributed by atoms with Crippen molar-refractivity contribution in [3.8, 4) is 0 Å². The Morgan fingerprint density at radius 3 is 1.98 bits per heavy atom. The molecule has 0 heterocycles. The fraction of sp³-hybridized carbons (Fsp3) is 0.575. The Labute approximate surface area is 261 Å². The van der Waals surface area contributed by atoms with Crippen molar-refractivity contribution < 1.29 is 14.6 Å². The van der Waals surface area contributed by atoms with Gasteiger partial charge in [-0.3, -0.25) is 4.79 Å². The molecule has 3 aromatic carbocycles. The first kappa shape index (κ1) is 33.4. The molecule has 1 unspecified atom stereocenters. The van der Waals surface area contributed by atoms with Gasteiger partial charge in [0.1, 0.15) is 6.29 Å². The smallest absolute Gasteiger partial charge is 0.145 e. The summed E-state index contributed by atoms with van der Waals surface area (Å²) in [5, 5.41) is 14.8. The number of allylic oxidation sites excluding steroid dienone is 1. The fourth-order valence-corrected chi connectivity index (χ4v) is 7.93.